The number of rotatable bonds is 14. The highest BCUT2D eigenvalue weighted by molar-refractivity contribution is 7.98. The molecule has 0 saturated carbocycles. The minimum Gasteiger partial charge on any atom is -0.487 e. The molecule has 5 rings (SSSR count). The molecule has 0 unspecified atom stereocenters. The van der Waals surface area contributed by atoms with Gasteiger partial charge in [0.15, 0.2) is 0 Å². The molecule has 0 bridgehead atoms. The summed E-state index contributed by atoms with van der Waals surface area (Å²) >= 11 is 8.38. The van der Waals surface area contributed by atoms with E-state index in [1.807, 2.05) is 30.0 Å². The number of benzene rings is 3. The van der Waals surface area contributed by atoms with Crippen LogP contribution in [0, 0.1) is 5.82 Å². The molecule has 3 aromatic carbocycles. The van der Waals surface area contributed by atoms with Crippen molar-refractivity contribution in [2.45, 2.75) is 39.3 Å². The van der Waals surface area contributed by atoms with Crippen molar-refractivity contribution in [3.63, 3.8) is 0 Å². The van der Waals surface area contributed by atoms with Crippen molar-refractivity contribution in [2.75, 3.05) is 30.4 Å². The number of anilines is 2. The average molecular weight is 619 g/mol. The Bertz CT molecular complexity index is 1660. The number of thioether (sulfide) groups is 1. The van der Waals surface area contributed by atoms with Gasteiger partial charge in [-0.25, -0.2) is 14.4 Å². The molecule has 0 amide bonds. The fourth-order valence-corrected chi connectivity index (χ4v) is 6.07. The van der Waals surface area contributed by atoms with Gasteiger partial charge in [0, 0.05) is 22.4 Å². The molecule has 1 N–H and O–H groups in total. The van der Waals surface area contributed by atoms with Crippen LogP contribution < -0.4 is 10.1 Å². The number of nitrogens with zero attached hydrogens (tertiary/aromatic N) is 3. The molecule has 0 fully saturated rings. The minimum atomic E-state index is -0.301. The van der Waals surface area contributed by atoms with Gasteiger partial charge in [-0.05, 0) is 98.4 Å². The van der Waals surface area contributed by atoms with E-state index in [0.29, 0.717) is 16.6 Å². The summed E-state index contributed by atoms with van der Waals surface area (Å²) in [4.78, 5) is 11.5. The predicted molar refractivity (Wildman–Crippen MR) is 176 cm³/mol. The van der Waals surface area contributed by atoms with E-state index in [1.54, 1.807) is 24.3 Å². The van der Waals surface area contributed by atoms with E-state index in [1.165, 1.54) is 18.5 Å². The van der Waals surface area contributed by atoms with Crippen molar-refractivity contribution >= 4 is 45.8 Å². The van der Waals surface area contributed by atoms with Crippen LogP contribution in [0.5, 0.6) is 5.75 Å². The molecule has 2 heterocycles. The zero-order chi connectivity index (χ0) is 30.2. The largest absolute Gasteiger partial charge is 0.487 e. The monoisotopic (exact) mass is 618 g/mol. The molecule has 2 aromatic heterocycles. The molecule has 0 aliphatic rings. The van der Waals surface area contributed by atoms with Crippen LogP contribution in [0.4, 0.5) is 15.9 Å². The second kappa shape index (κ2) is 14.7. The number of ether oxygens (including phenoxy) is 1. The maximum atomic E-state index is 13.5. The van der Waals surface area contributed by atoms with Crippen molar-refractivity contribution in [2.24, 2.45) is 0 Å². The van der Waals surface area contributed by atoms with E-state index >= 15 is 0 Å². The molecule has 6 nitrogen and oxygen atoms in total. The summed E-state index contributed by atoms with van der Waals surface area (Å²) in [5.41, 5.74) is 3.24. The van der Waals surface area contributed by atoms with Crippen LogP contribution in [0.2, 0.25) is 5.02 Å². The maximum absolute atomic E-state index is 13.5. The van der Waals surface area contributed by atoms with Gasteiger partial charge in [-0.1, -0.05) is 37.6 Å². The SMILES string of the molecule is CCCN(CCC)[C@@H](CSC)c1ccc(-c2ccc3ncnc(Nc4ccc(OCc5cccc(F)c5)c(Cl)c4)c3c2)o1. The molecular weight excluding hydrogens is 583 g/mol. The standard InChI is InChI=1S/C34H36ClFN4O2S/c1-4-15-40(16-5-2)30(21-43-3)33-14-13-31(42-33)24-9-11-29-27(18-24)34(38-22-37-29)39-26-10-12-32(28(35)19-26)41-20-23-7-6-8-25(36)17-23/h6-14,17-19,22,30H,4-5,15-16,20-21H2,1-3H3,(H,37,38,39)/t30-/m0/s1. The summed E-state index contributed by atoms with van der Waals surface area (Å²) in [6, 6.07) is 22.2. The quantitative estimate of drug-likeness (QED) is 0.133. The molecular formula is C34H36ClFN4O2S. The topological polar surface area (TPSA) is 63.4 Å². The molecule has 0 aliphatic carbocycles. The Labute approximate surface area is 261 Å². The second-order valence-electron chi connectivity index (χ2n) is 10.4. The van der Waals surface area contributed by atoms with Gasteiger partial charge in [0.1, 0.15) is 41.8 Å². The van der Waals surface area contributed by atoms with Crippen molar-refractivity contribution in [1.82, 2.24) is 14.9 Å². The fraction of sp³-hybridized carbons (Fsp3) is 0.294. The van der Waals surface area contributed by atoms with E-state index in [-0.39, 0.29) is 18.5 Å². The van der Waals surface area contributed by atoms with E-state index in [9.17, 15) is 4.39 Å². The summed E-state index contributed by atoms with van der Waals surface area (Å²) in [7, 11) is 0. The van der Waals surface area contributed by atoms with Crippen LogP contribution in [-0.4, -0.2) is 40.0 Å². The van der Waals surface area contributed by atoms with Gasteiger partial charge in [-0.3, -0.25) is 4.90 Å². The van der Waals surface area contributed by atoms with E-state index < -0.39 is 0 Å². The lowest BCUT2D eigenvalue weighted by molar-refractivity contribution is 0.193. The molecule has 224 valence electrons. The first-order valence-corrected chi connectivity index (χ1v) is 16.3. The van der Waals surface area contributed by atoms with Gasteiger partial charge in [0.25, 0.3) is 0 Å². The van der Waals surface area contributed by atoms with Gasteiger partial charge in [0.05, 0.1) is 16.6 Å². The first-order chi connectivity index (χ1) is 21.0. The Balaban J connectivity index is 1.36. The smallest absolute Gasteiger partial charge is 0.141 e. The highest BCUT2D eigenvalue weighted by atomic mass is 35.5. The lowest BCUT2D eigenvalue weighted by Gasteiger charge is -2.29. The van der Waals surface area contributed by atoms with Crippen molar-refractivity contribution in [1.29, 1.82) is 0 Å². The van der Waals surface area contributed by atoms with Gasteiger partial charge in [-0.2, -0.15) is 11.8 Å². The van der Waals surface area contributed by atoms with Crippen LogP contribution in [-0.2, 0) is 6.61 Å². The molecule has 0 spiro atoms. The van der Waals surface area contributed by atoms with Gasteiger partial charge >= 0.3 is 0 Å². The van der Waals surface area contributed by atoms with E-state index in [0.717, 1.165) is 70.9 Å². The van der Waals surface area contributed by atoms with Gasteiger partial charge in [-0.15, -0.1) is 0 Å². The second-order valence-corrected chi connectivity index (χ2v) is 11.7. The number of hydrogen-bond donors (Lipinski definition) is 1. The number of furan rings is 1. The van der Waals surface area contributed by atoms with Crippen LogP contribution in [0.3, 0.4) is 0 Å². The van der Waals surface area contributed by atoms with Crippen LogP contribution in [0.1, 0.15) is 44.1 Å². The lowest BCUT2D eigenvalue weighted by atomic mass is 10.1. The number of fused-ring (bicyclic) bond motifs is 1. The van der Waals surface area contributed by atoms with Gasteiger partial charge < -0.3 is 14.5 Å². The lowest BCUT2D eigenvalue weighted by Crippen LogP contribution is -2.31. The Morgan fingerprint density at radius 1 is 1.00 bits per heavy atom. The molecule has 0 saturated heterocycles. The third-order valence-corrected chi connectivity index (χ3v) is 8.08. The number of aromatic nitrogens is 2. The van der Waals surface area contributed by atoms with Crippen molar-refractivity contribution < 1.29 is 13.5 Å². The number of nitrogens with one attached hydrogen (secondary N) is 1. The highest BCUT2D eigenvalue weighted by Crippen LogP contribution is 2.34. The van der Waals surface area contributed by atoms with Gasteiger partial charge in [0.2, 0.25) is 0 Å². The van der Waals surface area contributed by atoms with Crippen LogP contribution >= 0.6 is 23.4 Å². The predicted octanol–water partition coefficient (Wildman–Crippen LogP) is 9.53. The Kier molecular flexibility index (Phi) is 10.6. The zero-order valence-electron chi connectivity index (χ0n) is 24.6. The van der Waals surface area contributed by atoms with E-state index in [2.05, 4.69) is 58.5 Å². The maximum Gasteiger partial charge on any atom is 0.141 e. The summed E-state index contributed by atoms with van der Waals surface area (Å²) in [6.07, 6.45) is 5.89. The zero-order valence-corrected chi connectivity index (χ0v) is 26.2. The summed E-state index contributed by atoms with van der Waals surface area (Å²) in [6.45, 7) is 6.75. The summed E-state index contributed by atoms with van der Waals surface area (Å²) in [5.74, 6) is 3.64. The molecule has 5 aromatic rings. The minimum absolute atomic E-state index is 0.214. The normalized spacial score (nSPS) is 12.1. The Morgan fingerprint density at radius 3 is 2.58 bits per heavy atom. The Morgan fingerprint density at radius 2 is 1.84 bits per heavy atom. The number of hydrogen-bond acceptors (Lipinski definition) is 7. The number of halogens is 2. The third kappa shape index (κ3) is 7.68. The van der Waals surface area contributed by atoms with Crippen LogP contribution in [0.25, 0.3) is 22.2 Å². The Hall–Kier alpha value is -3.59. The summed E-state index contributed by atoms with van der Waals surface area (Å²) in [5, 5.41) is 4.67. The molecule has 0 aliphatic heterocycles. The summed E-state index contributed by atoms with van der Waals surface area (Å²) < 4.78 is 25.8. The molecule has 43 heavy (non-hydrogen) atoms. The first kappa shape index (κ1) is 30.9. The van der Waals surface area contributed by atoms with Crippen molar-refractivity contribution in [3.8, 4) is 17.1 Å². The molecule has 0 radical (unpaired) electrons. The van der Waals surface area contributed by atoms with Crippen molar-refractivity contribution in [3.05, 3.63) is 101 Å². The molecule has 9 heteroatoms. The average Bonchev–Trinajstić information content (AvgIpc) is 3.49. The molecule has 1 atom stereocenters. The highest BCUT2D eigenvalue weighted by Gasteiger charge is 2.23. The fourth-order valence-electron chi connectivity index (χ4n) is 5.14. The third-order valence-electron chi connectivity index (χ3n) is 7.14. The van der Waals surface area contributed by atoms with E-state index in [4.69, 9.17) is 20.8 Å². The first-order valence-electron chi connectivity index (χ1n) is 14.5. The van der Waals surface area contributed by atoms with Crippen LogP contribution in [0.15, 0.2) is 83.5 Å².